The molecule has 0 aliphatic heterocycles. The summed E-state index contributed by atoms with van der Waals surface area (Å²) in [5.74, 6) is -0.0455. The van der Waals surface area contributed by atoms with E-state index in [4.69, 9.17) is 4.74 Å². The van der Waals surface area contributed by atoms with Crippen molar-refractivity contribution in [1.29, 1.82) is 0 Å². The van der Waals surface area contributed by atoms with Crippen LogP contribution in [-0.4, -0.2) is 47.4 Å². The van der Waals surface area contributed by atoms with Gasteiger partial charge in [-0.3, -0.25) is 9.59 Å². The van der Waals surface area contributed by atoms with Gasteiger partial charge >= 0.3 is 5.97 Å². The number of esters is 1. The number of amides is 1. The van der Waals surface area contributed by atoms with Crippen molar-refractivity contribution in [3.63, 3.8) is 0 Å². The largest absolute Gasteiger partial charge is 0.466 e. The summed E-state index contributed by atoms with van der Waals surface area (Å²) in [6, 6.07) is -0.629. The molecule has 0 saturated heterocycles. The maximum absolute atomic E-state index is 12.5. The van der Waals surface area contributed by atoms with Crippen LogP contribution in [0.25, 0.3) is 0 Å². The summed E-state index contributed by atoms with van der Waals surface area (Å²) >= 11 is 0. The third-order valence-corrected chi connectivity index (χ3v) is 18.7. The first-order valence-electron chi connectivity index (χ1n) is 39.8. The first-order valence-corrected chi connectivity index (χ1v) is 39.8. The average molecular weight is 1220 g/mol. The molecule has 0 aromatic rings. The molecule has 0 rings (SSSR count). The van der Waals surface area contributed by atoms with Gasteiger partial charge in [0.15, 0.2) is 0 Å². The van der Waals surface area contributed by atoms with E-state index in [-0.39, 0.29) is 18.5 Å². The summed E-state index contributed by atoms with van der Waals surface area (Å²) in [6.07, 6.45) is 99.8. The van der Waals surface area contributed by atoms with Crippen LogP contribution in [0.5, 0.6) is 0 Å². The van der Waals surface area contributed by atoms with E-state index in [0.717, 1.165) is 44.9 Å². The molecular formula is C81H155NO5. The van der Waals surface area contributed by atoms with E-state index in [1.807, 2.05) is 6.08 Å². The maximum atomic E-state index is 12.5. The fraction of sp³-hybridized carbons (Fsp3) is 0.901. The quantitative estimate of drug-likeness (QED) is 0.0320. The van der Waals surface area contributed by atoms with Crippen LogP contribution in [0.1, 0.15) is 444 Å². The van der Waals surface area contributed by atoms with Gasteiger partial charge in [-0.1, -0.05) is 403 Å². The molecule has 0 aromatic carbocycles. The summed E-state index contributed by atoms with van der Waals surface area (Å²) in [5.41, 5.74) is 0. The van der Waals surface area contributed by atoms with Crippen molar-refractivity contribution in [3.8, 4) is 0 Å². The molecule has 6 heteroatoms. The third kappa shape index (κ3) is 73.0. The average Bonchev–Trinajstić information content (AvgIpc) is 3.53. The van der Waals surface area contributed by atoms with Crippen molar-refractivity contribution in [2.24, 2.45) is 0 Å². The molecule has 0 aromatic heterocycles. The highest BCUT2D eigenvalue weighted by Gasteiger charge is 2.18. The van der Waals surface area contributed by atoms with Crippen LogP contribution in [0.4, 0.5) is 0 Å². The van der Waals surface area contributed by atoms with E-state index in [2.05, 4.69) is 43.5 Å². The Balaban J connectivity index is 3.41. The summed E-state index contributed by atoms with van der Waals surface area (Å²) in [4.78, 5) is 24.6. The number of hydrogen-bond donors (Lipinski definition) is 3. The zero-order valence-electron chi connectivity index (χ0n) is 59.0. The van der Waals surface area contributed by atoms with Crippen molar-refractivity contribution in [1.82, 2.24) is 5.32 Å². The van der Waals surface area contributed by atoms with E-state index in [1.54, 1.807) is 6.08 Å². The van der Waals surface area contributed by atoms with Crippen LogP contribution >= 0.6 is 0 Å². The normalized spacial score (nSPS) is 12.6. The first-order chi connectivity index (χ1) is 43.0. The van der Waals surface area contributed by atoms with Gasteiger partial charge in [0.25, 0.3) is 0 Å². The lowest BCUT2D eigenvalue weighted by Gasteiger charge is -2.20. The number of rotatable bonds is 75. The molecule has 2 atom stereocenters. The molecule has 0 spiro atoms. The van der Waals surface area contributed by atoms with E-state index in [9.17, 15) is 19.8 Å². The van der Waals surface area contributed by atoms with Crippen LogP contribution < -0.4 is 5.32 Å². The molecule has 514 valence electrons. The van der Waals surface area contributed by atoms with Crippen LogP contribution in [0, 0.1) is 0 Å². The molecular weight excluding hydrogens is 1070 g/mol. The van der Waals surface area contributed by atoms with Crippen LogP contribution in [-0.2, 0) is 14.3 Å². The van der Waals surface area contributed by atoms with Crippen molar-refractivity contribution in [3.05, 3.63) is 36.5 Å². The lowest BCUT2D eigenvalue weighted by atomic mass is 10.0. The number of carbonyl (C=O) groups excluding carboxylic acids is 2. The highest BCUT2D eigenvalue weighted by Crippen LogP contribution is 2.20. The molecule has 1 amide bonds. The topological polar surface area (TPSA) is 95.9 Å². The van der Waals surface area contributed by atoms with Gasteiger partial charge in [0, 0.05) is 12.8 Å². The fourth-order valence-corrected chi connectivity index (χ4v) is 12.6. The second-order valence-corrected chi connectivity index (χ2v) is 27.4. The summed E-state index contributed by atoms with van der Waals surface area (Å²) in [5, 5.41) is 23.3. The Kier molecular flexibility index (Phi) is 74.8. The molecule has 0 aliphatic carbocycles. The molecule has 0 radical (unpaired) electrons. The minimum absolute atomic E-state index is 0.0172. The van der Waals surface area contributed by atoms with Crippen molar-refractivity contribution in [2.45, 2.75) is 456 Å². The SMILES string of the molecule is CCCCCCCCCCCCCCCCCCCCCCC/C=C/C(O)C(CO)NC(=O)CCCCCCCCCCCCCCCCC/C=C\C/C=C\CCCCCCCCCCCOC(=O)CCCCCCCCCCCCCCCCCC. The number of ether oxygens (including phenoxy) is 1. The van der Waals surface area contributed by atoms with Crippen LogP contribution in [0.2, 0.25) is 0 Å². The Morgan fingerprint density at radius 2 is 0.575 bits per heavy atom. The van der Waals surface area contributed by atoms with Gasteiger partial charge in [0.05, 0.1) is 25.4 Å². The van der Waals surface area contributed by atoms with Crippen LogP contribution in [0.15, 0.2) is 36.5 Å². The van der Waals surface area contributed by atoms with Gasteiger partial charge in [-0.2, -0.15) is 0 Å². The highest BCUT2D eigenvalue weighted by molar-refractivity contribution is 5.76. The Morgan fingerprint density at radius 1 is 0.322 bits per heavy atom. The predicted octanol–water partition coefficient (Wildman–Crippen LogP) is 26.2. The molecule has 87 heavy (non-hydrogen) atoms. The monoisotopic (exact) mass is 1220 g/mol. The smallest absolute Gasteiger partial charge is 0.305 e. The van der Waals surface area contributed by atoms with Gasteiger partial charge in [-0.05, 0) is 64.2 Å². The van der Waals surface area contributed by atoms with E-state index in [1.165, 1.54) is 372 Å². The van der Waals surface area contributed by atoms with E-state index >= 15 is 0 Å². The first kappa shape index (κ1) is 85.1. The van der Waals surface area contributed by atoms with Crippen LogP contribution in [0.3, 0.4) is 0 Å². The number of allylic oxidation sites excluding steroid dienone is 5. The van der Waals surface area contributed by atoms with Crippen molar-refractivity contribution in [2.75, 3.05) is 13.2 Å². The third-order valence-electron chi connectivity index (χ3n) is 18.7. The molecule has 2 unspecified atom stereocenters. The standard InChI is InChI=1S/C81H155NO5/c1-3-5-7-9-11-13-15-17-19-21-22-23-33-36-39-42-45-49-53-57-61-65-69-73-79(84)78(77-83)82-80(85)74-70-66-62-58-54-50-46-43-40-37-34-31-29-27-25-24-26-28-30-32-35-38-41-44-48-52-56-60-64-68-72-76-87-81(86)75-71-67-63-59-55-51-47-20-18-16-14-12-10-8-6-4-2/h26,28,32,35,69,73,78-79,83-84H,3-25,27,29-31,33-34,36-68,70-72,74-77H2,1-2H3,(H,82,85)/b28-26-,35-32-,73-69+. The lowest BCUT2D eigenvalue weighted by molar-refractivity contribution is -0.143. The molecule has 0 bridgehead atoms. The lowest BCUT2D eigenvalue weighted by Crippen LogP contribution is -2.45. The zero-order chi connectivity index (χ0) is 62.8. The Bertz CT molecular complexity index is 1410. The highest BCUT2D eigenvalue weighted by atomic mass is 16.5. The van der Waals surface area contributed by atoms with Gasteiger partial charge in [-0.15, -0.1) is 0 Å². The summed E-state index contributed by atoms with van der Waals surface area (Å²) in [7, 11) is 0. The van der Waals surface area contributed by atoms with Crippen molar-refractivity contribution < 1.29 is 24.5 Å². The van der Waals surface area contributed by atoms with Crippen molar-refractivity contribution >= 4 is 11.9 Å². The number of carbonyl (C=O) groups is 2. The number of nitrogens with one attached hydrogen (secondary N) is 1. The maximum Gasteiger partial charge on any atom is 0.305 e. The number of aliphatic hydroxyl groups is 2. The molecule has 6 nitrogen and oxygen atoms in total. The molecule has 0 fully saturated rings. The Morgan fingerprint density at radius 3 is 0.874 bits per heavy atom. The molecule has 0 aliphatic rings. The Labute approximate surface area is 544 Å². The second-order valence-electron chi connectivity index (χ2n) is 27.4. The van der Waals surface area contributed by atoms with Gasteiger partial charge in [0.2, 0.25) is 5.91 Å². The van der Waals surface area contributed by atoms with E-state index < -0.39 is 12.1 Å². The predicted molar refractivity (Wildman–Crippen MR) is 384 cm³/mol. The zero-order valence-corrected chi connectivity index (χ0v) is 59.0. The molecule has 0 heterocycles. The van der Waals surface area contributed by atoms with Gasteiger partial charge in [0.1, 0.15) is 0 Å². The van der Waals surface area contributed by atoms with E-state index in [0.29, 0.717) is 19.4 Å². The minimum atomic E-state index is -0.846. The number of unbranched alkanes of at least 4 members (excludes halogenated alkanes) is 60. The second kappa shape index (κ2) is 76.5. The van der Waals surface area contributed by atoms with Gasteiger partial charge in [-0.25, -0.2) is 0 Å². The number of hydrogen-bond acceptors (Lipinski definition) is 5. The number of aliphatic hydroxyl groups excluding tert-OH is 2. The fourth-order valence-electron chi connectivity index (χ4n) is 12.6. The molecule has 3 N–H and O–H groups in total. The Hall–Kier alpha value is -1.92. The summed E-state index contributed by atoms with van der Waals surface area (Å²) < 4.78 is 5.50. The van der Waals surface area contributed by atoms with Gasteiger partial charge < -0.3 is 20.3 Å². The minimum Gasteiger partial charge on any atom is -0.466 e. The molecule has 0 saturated carbocycles. The summed E-state index contributed by atoms with van der Waals surface area (Å²) in [6.45, 7) is 4.95.